The van der Waals surface area contributed by atoms with Gasteiger partial charge in [0, 0.05) is 28.3 Å². The lowest BCUT2D eigenvalue weighted by Crippen LogP contribution is -2.36. The van der Waals surface area contributed by atoms with Crippen LogP contribution in [0.2, 0.25) is 0 Å². The van der Waals surface area contributed by atoms with Gasteiger partial charge in [0.15, 0.2) is 0 Å². The zero-order valence-electron chi connectivity index (χ0n) is 8.30. The first-order valence-corrected chi connectivity index (χ1v) is 5.85. The molecule has 0 saturated heterocycles. The van der Waals surface area contributed by atoms with Crippen LogP contribution in [0.1, 0.15) is 20.3 Å². The molecule has 0 aliphatic carbocycles. The Hall–Kier alpha value is -0.100. The summed E-state index contributed by atoms with van der Waals surface area (Å²) in [6.45, 7) is 2.99. The Balaban J connectivity index is 4.26. The van der Waals surface area contributed by atoms with Crippen LogP contribution in [0.3, 0.4) is 0 Å². The summed E-state index contributed by atoms with van der Waals surface area (Å²) in [5, 5.41) is -0.202. The van der Waals surface area contributed by atoms with Gasteiger partial charge in [-0.15, -0.1) is 0 Å². The summed E-state index contributed by atoms with van der Waals surface area (Å²) in [6.07, 6.45) is -3.72. The van der Waals surface area contributed by atoms with Crippen LogP contribution in [0.15, 0.2) is 0 Å². The van der Waals surface area contributed by atoms with Crippen LogP contribution >= 0.6 is 0 Å². The van der Waals surface area contributed by atoms with E-state index in [1.807, 2.05) is 0 Å². The van der Waals surface area contributed by atoms with Crippen LogP contribution in [-0.2, 0) is 10.8 Å². The maximum atomic E-state index is 12.2. The first kappa shape index (κ1) is 13.9. The molecule has 0 heterocycles. The number of halogens is 3. The smallest absolute Gasteiger partial charge is 0.330 e. The molecule has 0 bridgehead atoms. The molecule has 2 N–H and O–H groups in total. The first-order valence-electron chi connectivity index (χ1n) is 4.46. The highest BCUT2D eigenvalue weighted by molar-refractivity contribution is 7.85. The van der Waals surface area contributed by atoms with Gasteiger partial charge in [-0.05, 0) is 6.42 Å². The fraction of sp³-hybridized carbons (Fsp3) is 1.00. The Bertz CT molecular complexity index is 196. The molecule has 86 valence electrons. The van der Waals surface area contributed by atoms with Gasteiger partial charge in [-0.25, -0.2) is 0 Å². The van der Waals surface area contributed by atoms with E-state index in [2.05, 4.69) is 0 Å². The molecule has 0 fully saturated rings. The Kier molecular flexibility index (Phi) is 5.66. The van der Waals surface area contributed by atoms with Gasteiger partial charge in [0.05, 0.1) is 5.92 Å². The quantitative estimate of drug-likeness (QED) is 0.782. The minimum atomic E-state index is -4.34. The third-order valence-electron chi connectivity index (χ3n) is 2.14. The molecule has 14 heavy (non-hydrogen) atoms. The number of hydrogen-bond acceptors (Lipinski definition) is 2. The number of alkyl halides is 3. The van der Waals surface area contributed by atoms with Crippen LogP contribution in [0.4, 0.5) is 13.2 Å². The van der Waals surface area contributed by atoms with Crippen molar-refractivity contribution >= 4 is 10.8 Å². The fourth-order valence-electron chi connectivity index (χ4n) is 0.845. The fourth-order valence-corrected chi connectivity index (χ4v) is 2.27. The molecule has 0 aliphatic rings. The van der Waals surface area contributed by atoms with E-state index in [1.54, 1.807) is 13.8 Å². The average molecular weight is 231 g/mol. The Morgan fingerprint density at radius 3 is 2.21 bits per heavy atom. The predicted molar refractivity (Wildman–Crippen MR) is 51.4 cm³/mol. The van der Waals surface area contributed by atoms with E-state index in [4.69, 9.17) is 5.73 Å². The lowest BCUT2D eigenvalue weighted by atomic mass is 10.2. The molecule has 0 amide bonds. The summed E-state index contributed by atoms with van der Waals surface area (Å²) >= 11 is 0. The molecular formula is C8H16F3NOS. The van der Waals surface area contributed by atoms with E-state index in [0.29, 0.717) is 6.42 Å². The molecule has 0 spiro atoms. The highest BCUT2D eigenvalue weighted by Crippen LogP contribution is 2.26. The van der Waals surface area contributed by atoms with Crippen molar-refractivity contribution in [1.82, 2.24) is 0 Å². The molecule has 6 heteroatoms. The second kappa shape index (κ2) is 5.70. The minimum Gasteiger partial charge on any atom is -0.330 e. The number of rotatable bonds is 5. The van der Waals surface area contributed by atoms with Gasteiger partial charge in [0.1, 0.15) is 0 Å². The standard InChI is InChI=1S/C8H16F3NOS/c1-3-6(2)14(13)5-7(4-12)8(9,10)11/h6-7H,3-5,12H2,1-2H3. The molecule has 0 radical (unpaired) electrons. The molecule has 0 aromatic carbocycles. The topological polar surface area (TPSA) is 43.1 Å². The van der Waals surface area contributed by atoms with Crippen molar-refractivity contribution in [2.75, 3.05) is 12.3 Å². The average Bonchev–Trinajstić information content (AvgIpc) is 2.10. The van der Waals surface area contributed by atoms with Crippen LogP contribution in [-0.4, -0.2) is 27.9 Å². The molecule has 0 aromatic heterocycles. The SMILES string of the molecule is CCC(C)S(=O)CC(CN)C(F)(F)F. The van der Waals surface area contributed by atoms with E-state index < -0.39 is 29.4 Å². The summed E-state index contributed by atoms with van der Waals surface area (Å²) < 4.78 is 48.0. The van der Waals surface area contributed by atoms with E-state index in [9.17, 15) is 17.4 Å². The van der Waals surface area contributed by atoms with Gasteiger partial charge >= 0.3 is 6.18 Å². The molecule has 0 aromatic rings. The summed E-state index contributed by atoms with van der Waals surface area (Å²) in [5.74, 6) is -2.02. The van der Waals surface area contributed by atoms with Crippen LogP contribution < -0.4 is 5.73 Å². The van der Waals surface area contributed by atoms with Crippen LogP contribution in [0, 0.1) is 5.92 Å². The van der Waals surface area contributed by atoms with Crippen molar-refractivity contribution in [2.24, 2.45) is 11.7 Å². The second-order valence-electron chi connectivity index (χ2n) is 3.24. The lowest BCUT2D eigenvalue weighted by Gasteiger charge is -2.19. The maximum Gasteiger partial charge on any atom is 0.393 e. The van der Waals surface area contributed by atoms with Crippen molar-refractivity contribution < 1.29 is 17.4 Å². The lowest BCUT2D eigenvalue weighted by molar-refractivity contribution is -0.165. The molecule has 3 atom stereocenters. The summed E-state index contributed by atoms with van der Waals surface area (Å²) in [5.41, 5.74) is 4.99. The minimum absolute atomic E-state index is 0.202. The zero-order chi connectivity index (χ0) is 11.4. The number of nitrogens with two attached hydrogens (primary N) is 1. The number of hydrogen-bond donors (Lipinski definition) is 1. The molecule has 0 saturated carbocycles. The predicted octanol–water partition coefficient (Wildman–Crippen LogP) is 1.67. The third-order valence-corrected chi connectivity index (χ3v) is 4.10. The third kappa shape index (κ3) is 4.41. The van der Waals surface area contributed by atoms with Crippen molar-refractivity contribution in [1.29, 1.82) is 0 Å². The van der Waals surface area contributed by atoms with Crippen molar-refractivity contribution in [3.8, 4) is 0 Å². The molecular weight excluding hydrogens is 215 g/mol. The Morgan fingerprint density at radius 2 is 1.93 bits per heavy atom. The van der Waals surface area contributed by atoms with Gasteiger partial charge in [0.25, 0.3) is 0 Å². The Labute approximate surface area is 84.5 Å². The van der Waals surface area contributed by atoms with Crippen LogP contribution in [0.5, 0.6) is 0 Å². The highest BCUT2D eigenvalue weighted by Gasteiger charge is 2.39. The molecule has 2 nitrogen and oxygen atoms in total. The summed E-state index contributed by atoms with van der Waals surface area (Å²) in [4.78, 5) is 0. The normalized spacial score (nSPS) is 19.0. The maximum absolute atomic E-state index is 12.2. The van der Waals surface area contributed by atoms with Gasteiger partial charge in [-0.2, -0.15) is 13.2 Å². The highest BCUT2D eigenvalue weighted by atomic mass is 32.2. The van der Waals surface area contributed by atoms with Gasteiger partial charge in [-0.3, -0.25) is 4.21 Å². The molecule has 0 aliphatic heterocycles. The monoisotopic (exact) mass is 231 g/mol. The molecule has 3 unspecified atom stereocenters. The zero-order valence-corrected chi connectivity index (χ0v) is 9.12. The van der Waals surface area contributed by atoms with Gasteiger partial charge < -0.3 is 5.73 Å². The van der Waals surface area contributed by atoms with Crippen molar-refractivity contribution in [2.45, 2.75) is 31.7 Å². The molecule has 0 rings (SSSR count). The first-order chi connectivity index (χ1) is 6.32. The van der Waals surface area contributed by atoms with Gasteiger partial charge in [-0.1, -0.05) is 13.8 Å². The van der Waals surface area contributed by atoms with E-state index in [-0.39, 0.29) is 11.0 Å². The summed E-state index contributed by atoms with van der Waals surface area (Å²) in [7, 11) is -1.44. The second-order valence-corrected chi connectivity index (χ2v) is 5.14. The van der Waals surface area contributed by atoms with Crippen LogP contribution in [0.25, 0.3) is 0 Å². The van der Waals surface area contributed by atoms with Crippen molar-refractivity contribution in [3.05, 3.63) is 0 Å². The summed E-state index contributed by atoms with van der Waals surface area (Å²) in [6, 6.07) is 0. The van der Waals surface area contributed by atoms with Gasteiger partial charge in [0.2, 0.25) is 0 Å². The van der Waals surface area contributed by atoms with Crippen molar-refractivity contribution in [3.63, 3.8) is 0 Å². The van der Waals surface area contributed by atoms with E-state index in [0.717, 1.165) is 0 Å². The largest absolute Gasteiger partial charge is 0.393 e. The van der Waals surface area contributed by atoms with E-state index in [1.165, 1.54) is 0 Å². The van der Waals surface area contributed by atoms with E-state index >= 15 is 0 Å². The Morgan fingerprint density at radius 1 is 1.43 bits per heavy atom.